The van der Waals surface area contributed by atoms with E-state index in [9.17, 15) is 18.4 Å². The smallest absolute Gasteiger partial charge is 0.399 e. The molecule has 0 radical (unpaired) electrons. The lowest BCUT2D eigenvalue weighted by Gasteiger charge is -2.22. The second kappa shape index (κ2) is 11.9. The number of aromatic nitrogens is 1. The van der Waals surface area contributed by atoms with Gasteiger partial charge in [-0.05, 0) is 56.6 Å². The SMILES string of the molecule is O=C(O)c1ccc(-c2cnc(N(Cc3ccc(CP(=O)(OF)OF)c(Br)c3)c3ccc(Cl)c(Cl)c3)o2)cc1. The first kappa shape index (κ1) is 28.2. The Kier molecular flexibility index (Phi) is 8.87. The number of hydrogen-bond donors (Lipinski definition) is 1. The van der Waals surface area contributed by atoms with Crippen molar-refractivity contribution in [3.63, 3.8) is 0 Å². The number of rotatable bonds is 10. The molecule has 3 aromatic carbocycles. The highest BCUT2D eigenvalue weighted by atomic mass is 79.9. The number of carbonyl (C=O) groups is 1. The van der Waals surface area contributed by atoms with E-state index in [-0.39, 0.29) is 23.7 Å². The van der Waals surface area contributed by atoms with Crippen LogP contribution in [0.15, 0.2) is 75.8 Å². The minimum atomic E-state index is -4.57. The van der Waals surface area contributed by atoms with Crippen molar-refractivity contribution in [1.82, 2.24) is 4.98 Å². The predicted molar refractivity (Wildman–Crippen MR) is 141 cm³/mol. The Morgan fingerprint density at radius 1 is 1.05 bits per heavy atom. The minimum Gasteiger partial charge on any atom is -0.478 e. The van der Waals surface area contributed by atoms with Crippen LogP contribution in [0.25, 0.3) is 11.3 Å². The van der Waals surface area contributed by atoms with E-state index in [1.807, 2.05) is 0 Å². The van der Waals surface area contributed by atoms with Crippen LogP contribution in [0.4, 0.5) is 20.8 Å². The Bertz CT molecular complexity index is 1510. The molecule has 0 atom stereocenters. The van der Waals surface area contributed by atoms with Gasteiger partial charge in [-0.2, -0.15) is 0 Å². The van der Waals surface area contributed by atoms with Crippen LogP contribution >= 0.6 is 46.7 Å². The third-order valence-corrected chi connectivity index (χ3v) is 8.01. The van der Waals surface area contributed by atoms with Crippen molar-refractivity contribution in [3.05, 3.63) is 98.1 Å². The van der Waals surface area contributed by atoms with E-state index in [0.29, 0.717) is 37.1 Å². The highest BCUT2D eigenvalue weighted by Crippen LogP contribution is 2.53. The summed E-state index contributed by atoms with van der Waals surface area (Å²) >= 11 is 15.7. The van der Waals surface area contributed by atoms with Crippen LogP contribution in [0.5, 0.6) is 0 Å². The Morgan fingerprint density at radius 3 is 2.37 bits per heavy atom. The Balaban J connectivity index is 1.67. The summed E-state index contributed by atoms with van der Waals surface area (Å²) in [5.41, 5.74) is 2.33. The molecule has 0 aliphatic heterocycles. The fourth-order valence-electron chi connectivity index (χ4n) is 3.49. The summed E-state index contributed by atoms with van der Waals surface area (Å²) < 4.78 is 49.7. The Labute approximate surface area is 233 Å². The molecule has 198 valence electrons. The van der Waals surface area contributed by atoms with Gasteiger partial charge in [0.15, 0.2) is 5.76 Å². The fourth-order valence-corrected chi connectivity index (χ4v) is 5.38. The molecule has 4 aromatic rings. The van der Waals surface area contributed by atoms with Gasteiger partial charge in [0.25, 0.3) is 0 Å². The van der Waals surface area contributed by atoms with Gasteiger partial charge in [0, 0.05) is 15.7 Å². The third kappa shape index (κ3) is 6.43. The molecule has 1 N–H and O–H groups in total. The van der Waals surface area contributed by atoms with E-state index >= 15 is 0 Å². The second-order valence-electron chi connectivity index (χ2n) is 7.91. The van der Waals surface area contributed by atoms with Gasteiger partial charge < -0.3 is 9.52 Å². The molecule has 0 spiro atoms. The fraction of sp³-hybridized carbons (Fsp3) is 0.0833. The maximum Gasteiger partial charge on any atom is 0.399 e. The number of hydrogen-bond acceptors (Lipinski definition) is 7. The predicted octanol–water partition coefficient (Wildman–Crippen LogP) is 8.94. The molecule has 0 aliphatic rings. The van der Waals surface area contributed by atoms with E-state index in [1.54, 1.807) is 47.4 Å². The van der Waals surface area contributed by atoms with Crippen LogP contribution in [0.3, 0.4) is 0 Å². The third-order valence-electron chi connectivity index (χ3n) is 5.39. The van der Waals surface area contributed by atoms with Gasteiger partial charge in [-0.25, -0.2) is 9.78 Å². The summed E-state index contributed by atoms with van der Waals surface area (Å²) in [6, 6.07) is 16.1. The van der Waals surface area contributed by atoms with Crippen LogP contribution in [0.1, 0.15) is 21.5 Å². The zero-order chi connectivity index (χ0) is 27.4. The highest BCUT2D eigenvalue weighted by Gasteiger charge is 2.29. The summed E-state index contributed by atoms with van der Waals surface area (Å²) in [6.07, 6.45) is 0.862. The summed E-state index contributed by atoms with van der Waals surface area (Å²) in [6.45, 7) is 0.200. The monoisotopic (exact) mass is 646 g/mol. The van der Waals surface area contributed by atoms with Crippen molar-refractivity contribution in [3.8, 4) is 11.3 Å². The van der Waals surface area contributed by atoms with Gasteiger partial charge in [-0.15, -0.1) is 9.46 Å². The minimum absolute atomic E-state index is 0.132. The lowest BCUT2D eigenvalue weighted by atomic mass is 10.1. The summed E-state index contributed by atoms with van der Waals surface area (Å²) in [7, 11) is -4.57. The Morgan fingerprint density at radius 2 is 1.76 bits per heavy atom. The topological polar surface area (TPSA) is 102 Å². The molecule has 0 saturated heterocycles. The van der Waals surface area contributed by atoms with Gasteiger partial charge in [0.05, 0.1) is 34.5 Å². The molecule has 0 amide bonds. The zero-order valence-electron chi connectivity index (χ0n) is 19.0. The number of benzene rings is 3. The van der Waals surface area contributed by atoms with Crippen molar-refractivity contribution in [2.24, 2.45) is 0 Å². The lowest BCUT2D eigenvalue weighted by Crippen LogP contribution is -2.17. The average molecular weight is 648 g/mol. The van der Waals surface area contributed by atoms with Crippen LogP contribution in [-0.2, 0) is 26.7 Å². The maximum atomic E-state index is 12.5. The van der Waals surface area contributed by atoms with Crippen molar-refractivity contribution in [2.75, 3.05) is 4.90 Å². The first-order valence-corrected chi connectivity index (χ1v) is 13.9. The van der Waals surface area contributed by atoms with Crippen LogP contribution in [-0.4, -0.2) is 16.1 Å². The number of aromatic carboxylic acids is 1. The summed E-state index contributed by atoms with van der Waals surface area (Å²) in [5, 5.41) is 9.77. The molecule has 0 unspecified atom stereocenters. The lowest BCUT2D eigenvalue weighted by molar-refractivity contribution is -0.0881. The number of carboxylic acid groups (broad SMARTS) is 1. The average Bonchev–Trinajstić information content (AvgIpc) is 3.40. The molecule has 0 bridgehead atoms. The molecular weight excluding hydrogens is 632 g/mol. The first-order chi connectivity index (χ1) is 18.1. The molecule has 1 aromatic heterocycles. The number of nitrogens with zero attached hydrogens (tertiary/aromatic N) is 2. The molecule has 0 fully saturated rings. The first-order valence-electron chi connectivity index (χ1n) is 10.6. The van der Waals surface area contributed by atoms with Crippen LogP contribution < -0.4 is 4.90 Å². The van der Waals surface area contributed by atoms with Gasteiger partial charge in [-0.3, -0.25) is 9.46 Å². The number of carboxylic acids is 1. The van der Waals surface area contributed by atoms with Crippen molar-refractivity contribution >= 4 is 64.4 Å². The van der Waals surface area contributed by atoms with Gasteiger partial charge in [0.1, 0.15) is 0 Å². The van der Waals surface area contributed by atoms with Crippen LogP contribution in [0.2, 0.25) is 10.0 Å². The van der Waals surface area contributed by atoms with Crippen molar-refractivity contribution < 1.29 is 37.4 Å². The normalized spacial score (nSPS) is 11.5. The molecule has 38 heavy (non-hydrogen) atoms. The van der Waals surface area contributed by atoms with E-state index in [4.69, 9.17) is 32.7 Å². The summed E-state index contributed by atoms with van der Waals surface area (Å²) in [4.78, 5) is 17.2. The van der Waals surface area contributed by atoms with E-state index in [1.165, 1.54) is 24.4 Å². The number of halogens is 5. The highest BCUT2D eigenvalue weighted by molar-refractivity contribution is 9.10. The van der Waals surface area contributed by atoms with Crippen molar-refractivity contribution in [2.45, 2.75) is 12.7 Å². The van der Waals surface area contributed by atoms with E-state index in [2.05, 4.69) is 30.4 Å². The van der Waals surface area contributed by atoms with Gasteiger partial charge >= 0.3 is 19.6 Å². The molecule has 0 saturated carbocycles. The largest absolute Gasteiger partial charge is 0.478 e. The molecule has 8 nitrogen and oxygen atoms in total. The number of oxazole rings is 1. The quantitative estimate of drug-likeness (QED) is 0.170. The van der Waals surface area contributed by atoms with Gasteiger partial charge in [0.2, 0.25) is 0 Å². The molecule has 1 heterocycles. The zero-order valence-corrected chi connectivity index (χ0v) is 23.0. The summed E-state index contributed by atoms with van der Waals surface area (Å²) in [5.74, 6) is -0.651. The molecule has 0 aliphatic carbocycles. The van der Waals surface area contributed by atoms with Gasteiger partial charge in [-0.1, -0.05) is 63.4 Å². The van der Waals surface area contributed by atoms with Crippen LogP contribution in [0, 0.1) is 0 Å². The standard InChI is InChI=1S/C24H16BrCl2F2N2O6P/c25-19-9-14(1-2-17(19)13-38(34,36-28)37-29)12-31(18-7-8-20(26)21(27)10-18)24-30-11-22(35-24)15-3-5-16(6-4-15)23(32)33/h1-11H,12-13H2,(H,32,33). The van der Waals surface area contributed by atoms with E-state index in [0.717, 1.165) is 0 Å². The molecular formula is C24H16BrCl2F2N2O6P. The Hall–Kier alpha value is -2.79. The van der Waals surface area contributed by atoms with Crippen molar-refractivity contribution in [1.29, 1.82) is 0 Å². The molecule has 4 rings (SSSR count). The second-order valence-corrected chi connectivity index (χ2v) is 11.4. The van der Waals surface area contributed by atoms with E-state index < -0.39 is 19.7 Å². The maximum absolute atomic E-state index is 12.5. The number of anilines is 2. The molecule has 14 heteroatoms.